The predicted octanol–water partition coefficient (Wildman–Crippen LogP) is 5.74. The molecule has 1 saturated heterocycles. The molecule has 3 amide bonds. The number of hydrogen-bond donors (Lipinski definition) is 2. The quantitative estimate of drug-likeness (QED) is 0.240. The minimum Gasteiger partial charge on any atom is -0.497 e. The third kappa shape index (κ3) is 7.05. The normalized spacial score (nSPS) is 24.5. The van der Waals surface area contributed by atoms with Crippen LogP contribution in [0.1, 0.15) is 70.9 Å². The Kier molecular flexibility index (Phi) is 10.0. The minimum absolute atomic E-state index is 0.187. The summed E-state index contributed by atoms with van der Waals surface area (Å²) in [5.41, 5.74) is 4.36. The van der Waals surface area contributed by atoms with E-state index in [-0.39, 0.29) is 37.4 Å². The molecule has 6 rings (SSSR count). The average Bonchev–Trinajstić information content (AvgIpc) is 3.38. The van der Waals surface area contributed by atoms with Gasteiger partial charge < -0.3 is 29.7 Å². The van der Waals surface area contributed by atoms with Gasteiger partial charge in [0.2, 0.25) is 5.91 Å². The molecule has 0 radical (unpaired) electrons. The van der Waals surface area contributed by atoms with Gasteiger partial charge in [-0.05, 0) is 62.8 Å². The van der Waals surface area contributed by atoms with Crippen molar-refractivity contribution < 1.29 is 28.6 Å². The number of esters is 1. The monoisotopic (exact) mass is 673 g/mol. The molecule has 48 heavy (non-hydrogen) atoms. The second-order valence-electron chi connectivity index (χ2n) is 12.9. The Labute approximate surface area is 284 Å². The van der Waals surface area contributed by atoms with E-state index >= 15 is 0 Å². The number of aromatic nitrogens is 2. The molecule has 254 valence electrons. The zero-order chi connectivity index (χ0) is 33.8. The first-order chi connectivity index (χ1) is 23.2. The Bertz CT molecular complexity index is 1750. The van der Waals surface area contributed by atoms with Gasteiger partial charge in [-0.15, -0.1) is 17.1 Å². The van der Waals surface area contributed by atoms with Crippen LogP contribution in [-0.4, -0.2) is 77.3 Å². The highest BCUT2D eigenvalue weighted by Crippen LogP contribution is 2.46. The van der Waals surface area contributed by atoms with E-state index < -0.39 is 29.6 Å². The highest BCUT2D eigenvalue weighted by atomic mass is 32.1. The highest BCUT2D eigenvalue weighted by molar-refractivity contribution is 7.13. The number of carbonyl (C=O) groups excluding carboxylic acids is 3. The van der Waals surface area contributed by atoms with Gasteiger partial charge in [0.25, 0.3) is 0 Å². The number of nitrogens with zero attached hydrogens (tertiary/aromatic N) is 3. The SMILES string of the molecule is CCOC(=O)[C@@]12C[C@H]1C=C=CCCCCCNC(=O)N1C[C@H](Oc3cc(-c4nc(C(C)C)cs4)nc4cc(OC)ccc34)C[C@H]1C(=O)N2. The molecule has 0 unspecified atom stereocenters. The molecule has 4 heterocycles. The fraction of sp³-hybridized carbons (Fsp3) is 0.500. The second-order valence-corrected chi connectivity index (χ2v) is 13.7. The lowest BCUT2D eigenvalue weighted by Crippen LogP contribution is -2.54. The number of methoxy groups -OCH3 is 1. The fourth-order valence-electron chi connectivity index (χ4n) is 6.31. The van der Waals surface area contributed by atoms with Crippen molar-refractivity contribution in [1.82, 2.24) is 25.5 Å². The number of benzene rings is 1. The van der Waals surface area contributed by atoms with E-state index in [0.717, 1.165) is 41.8 Å². The van der Waals surface area contributed by atoms with E-state index in [2.05, 4.69) is 30.2 Å². The molecule has 2 aromatic heterocycles. The first-order valence-electron chi connectivity index (χ1n) is 16.8. The molecule has 3 aliphatic rings. The molecule has 1 aliphatic carbocycles. The zero-order valence-corrected chi connectivity index (χ0v) is 28.7. The maximum Gasteiger partial charge on any atom is 0.332 e. The number of pyridine rings is 1. The van der Waals surface area contributed by atoms with Crippen LogP contribution in [0.2, 0.25) is 0 Å². The molecule has 2 N–H and O–H groups in total. The minimum atomic E-state index is -1.18. The summed E-state index contributed by atoms with van der Waals surface area (Å²) in [4.78, 5) is 51.9. The maximum atomic E-state index is 14.0. The van der Waals surface area contributed by atoms with Gasteiger partial charge in [0.05, 0.1) is 31.5 Å². The molecule has 3 aromatic rings. The van der Waals surface area contributed by atoms with Gasteiger partial charge in [0.1, 0.15) is 39.9 Å². The van der Waals surface area contributed by atoms with Gasteiger partial charge in [-0.1, -0.05) is 20.3 Å². The number of carbonyl (C=O) groups is 3. The molecule has 12 heteroatoms. The third-order valence-corrected chi connectivity index (χ3v) is 10.0. The highest BCUT2D eigenvalue weighted by Gasteiger charge is 2.62. The van der Waals surface area contributed by atoms with E-state index in [4.69, 9.17) is 24.2 Å². The largest absolute Gasteiger partial charge is 0.497 e. The number of amides is 3. The number of fused-ring (bicyclic) bond motifs is 3. The second kappa shape index (κ2) is 14.4. The predicted molar refractivity (Wildman–Crippen MR) is 183 cm³/mol. The molecule has 11 nitrogen and oxygen atoms in total. The van der Waals surface area contributed by atoms with Gasteiger partial charge in [0, 0.05) is 41.8 Å². The Morgan fingerprint density at radius 2 is 2.04 bits per heavy atom. The van der Waals surface area contributed by atoms with Gasteiger partial charge in [-0.3, -0.25) is 4.79 Å². The first-order valence-corrected chi connectivity index (χ1v) is 17.7. The lowest BCUT2D eigenvalue weighted by atomic mass is 10.1. The van der Waals surface area contributed by atoms with Crippen LogP contribution < -0.4 is 20.1 Å². The molecule has 1 saturated carbocycles. The maximum absolute atomic E-state index is 14.0. The summed E-state index contributed by atoms with van der Waals surface area (Å²) in [6.45, 7) is 6.82. The van der Waals surface area contributed by atoms with Crippen LogP contribution in [0.3, 0.4) is 0 Å². The van der Waals surface area contributed by atoms with Crippen molar-refractivity contribution >= 4 is 40.1 Å². The molecule has 4 atom stereocenters. The van der Waals surface area contributed by atoms with E-state index in [1.165, 1.54) is 16.2 Å². The molecule has 0 bridgehead atoms. The van der Waals surface area contributed by atoms with Crippen LogP contribution in [0, 0.1) is 5.92 Å². The summed E-state index contributed by atoms with van der Waals surface area (Å²) < 4.78 is 17.5. The van der Waals surface area contributed by atoms with Crippen molar-refractivity contribution in [3.8, 4) is 22.2 Å². The van der Waals surface area contributed by atoms with E-state index in [1.54, 1.807) is 14.0 Å². The number of hydrogen-bond acceptors (Lipinski definition) is 9. The summed E-state index contributed by atoms with van der Waals surface area (Å²) in [5.74, 6) is 0.393. The topological polar surface area (TPSA) is 132 Å². The number of urea groups is 1. The lowest BCUT2D eigenvalue weighted by molar-refractivity contribution is -0.149. The van der Waals surface area contributed by atoms with Crippen molar-refractivity contribution in [3.63, 3.8) is 0 Å². The van der Waals surface area contributed by atoms with Crippen molar-refractivity contribution in [3.05, 3.63) is 53.2 Å². The third-order valence-electron chi connectivity index (χ3n) is 9.15. The van der Waals surface area contributed by atoms with Gasteiger partial charge in [0.15, 0.2) is 0 Å². The van der Waals surface area contributed by atoms with Crippen LogP contribution >= 0.6 is 11.3 Å². The van der Waals surface area contributed by atoms with E-state index in [9.17, 15) is 14.4 Å². The van der Waals surface area contributed by atoms with Crippen LogP contribution in [0.25, 0.3) is 21.6 Å². The fourth-order valence-corrected chi connectivity index (χ4v) is 7.25. The lowest BCUT2D eigenvalue weighted by Gasteiger charge is -2.26. The summed E-state index contributed by atoms with van der Waals surface area (Å²) in [5, 5.41) is 9.57. The number of rotatable bonds is 7. The van der Waals surface area contributed by atoms with E-state index in [1.807, 2.05) is 41.8 Å². The Hall–Kier alpha value is -4.41. The van der Waals surface area contributed by atoms with Gasteiger partial charge in [-0.2, -0.15) is 0 Å². The van der Waals surface area contributed by atoms with Crippen LogP contribution in [-0.2, 0) is 14.3 Å². The average molecular weight is 674 g/mol. The summed E-state index contributed by atoms with van der Waals surface area (Å²) in [6, 6.07) is 6.30. The smallest absolute Gasteiger partial charge is 0.332 e. The Morgan fingerprint density at radius 1 is 1.19 bits per heavy atom. The summed E-state index contributed by atoms with van der Waals surface area (Å²) >= 11 is 1.52. The van der Waals surface area contributed by atoms with Crippen LogP contribution in [0.15, 0.2) is 47.5 Å². The standard InChI is InChI=1S/C36H43N5O6S/c1-5-46-34(43)36-19-23(36)12-10-8-6-7-9-11-15-37-35(44)41-20-25(17-30(41)32(42)40-36)47-31-18-28(33-39-29(21-48-33)22(2)3)38-27-16-24(45-4)13-14-26(27)31/h8,12-14,16,18,21-23,25,30H,5-7,9,11,15,17,19-20H2,1-4H3,(H,37,44)(H,40,42)/t10?,23-,25-,30+,36-/m1/s1. The molecule has 2 fully saturated rings. The zero-order valence-electron chi connectivity index (χ0n) is 27.9. The molecular formula is C36H43N5O6S. The summed E-state index contributed by atoms with van der Waals surface area (Å²) in [6.07, 6.45) is 7.56. The number of nitrogens with one attached hydrogen (secondary N) is 2. The van der Waals surface area contributed by atoms with Crippen molar-refractivity contribution in [2.45, 2.75) is 82.9 Å². The summed E-state index contributed by atoms with van der Waals surface area (Å²) in [7, 11) is 1.61. The first kappa shape index (κ1) is 33.5. The number of thiazole rings is 1. The van der Waals surface area contributed by atoms with Crippen molar-refractivity contribution in [1.29, 1.82) is 0 Å². The Balaban J connectivity index is 1.31. The van der Waals surface area contributed by atoms with E-state index in [0.29, 0.717) is 35.7 Å². The number of ether oxygens (including phenoxy) is 3. The van der Waals surface area contributed by atoms with Crippen LogP contribution in [0.4, 0.5) is 4.79 Å². The molecule has 1 aromatic carbocycles. The van der Waals surface area contributed by atoms with Gasteiger partial charge in [-0.25, -0.2) is 19.6 Å². The van der Waals surface area contributed by atoms with Crippen LogP contribution in [0.5, 0.6) is 11.5 Å². The Morgan fingerprint density at radius 3 is 2.81 bits per heavy atom. The molecule has 2 aliphatic heterocycles. The van der Waals surface area contributed by atoms with Gasteiger partial charge >= 0.3 is 12.0 Å². The van der Waals surface area contributed by atoms with Crippen molar-refractivity contribution in [2.75, 3.05) is 26.8 Å². The molecular weight excluding hydrogens is 630 g/mol. The molecule has 0 spiro atoms. The van der Waals surface area contributed by atoms with Crippen molar-refractivity contribution in [2.24, 2.45) is 5.92 Å².